The molecule has 1 heterocycles. The maximum absolute atomic E-state index is 12.8. The molecule has 1 fully saturated rings. The van der Waals surface area contributed by atoms with Crippen molar-refractivity contribution >= 4 is 17.5 Å². The average molecular weight is 431 g/mol. The Labute approximate surface area is 184 Å². The molecule has 0 unspecified atom stereocenters. The summed E-state index contributed by atoms with van der Waals surface area (Å²) < 4.78 is 11.7. The van der Waals surface area contributed by atoms with E-state index in [9.17, 15) is 4.79 Å². The van der Waals surface area contributed by atoms with Crippen LogP contribution in [0.25, 0.3) is 0 Å². The van der Waals surface area contributed by atoms with Gasteiger partial charge in [-0.2, -0.15) is 0 Å². The number of carbonyl (C=O) groups excluding carboxylic acids is 1. The summed E-state index contributed by atoms with van der Waals surface area (Å²) in [5.41, 5.74) is -0.424. The van der Waals surface area contributed by atoms with Crippen LogP contribution in [0.2, 0.25) is 5.02 Å². The number of amides is 1. The third-order valence-corrected chi connectivity index (χ3v) is 5.84. The fourth-order valence-corrected chi connectivity index (χ4v) is 3.79. The molecular formula is C24H31ClN2O3. The van der Waals surface area contributed by atoms with Crippen LogP contribution in [0.3, 0.4) is 0 Å². The third kappa shape index (κ3) is 6.91. The largest absolute Gasteiger partial charge is 0.494 e. The zero-order valence-corrected chi connectivity index (χ0v) is 18.5. The van der Waals surface area contributed by atoms with Crippen molar-refractivity contribution in [2.75, 3.05) is 6.61 Å². The van der Waals surface area contributed by atoms with Crippen LogP contribution in [0.4, 0.5) is 0 Å². The predicted molar refractivity (Wildman–Crippen MR) is 119 cm³/mol. The lowest BCUT2D eigenvalue weighted by Gasteiger charge is -2.32. The smallest absolute Gasteiger partial charge is 0.225 e. The molecule has 6 heteroatoms. The molecule has 30 heavy (non-hydrogen) atoms. The number of halogens is 1. The van der Waals surface area contributed by atoms with Crippen LogP contribution in [0.15, 0.2) is 48.8 Å². The van der Waals surface area contributed by atoms with E-state index in [0.717, 1.165) is 50.0 Å². The molecule has 3 rings (SSSR count). The second-order valence-corrected chi connectivity index (χ2v) is 8.98. The van der Waals surface area contributed by atoms with Crippen LogP contribution < -0.4 is 14.8 Å². The highest BCUT2D eigenvalue weighted by Crippen LogP contribution is 2.27. The number of rotatable bonds is 9. The minimum Gasteiger partial charge on any atom is -0.494 e. The normalized spacial score (nSPS) is 19.2. The molecule has 0 spiro atoms. The van der Waals surface area contributed by atoms with E-state index >= 15 is 0 Å². The molecule has 2 aromatic rings. The van der Waals surface area contributed by atoms with Gasteiger partial charge in [0, 0.05) is 22.7 Å². The molecule has 1 amide bonds. The second-order valence-electron chi connectivity index (χ2n) is 8.54. The quantitative estimate of drug-likeness (QED) is 0.539. The van der Waals surface area contributed by atoms with Crippen molar-refractivity contribution in [1.82, 2.24) is 10.3 Å². The fourth-order valence-electron chi connectivity index (χ4n) is 3.66. The number of nitrogens with zero attached hydrogens (tertiary/aromatic N) is 1. The molecule has 0 atom stereocenters. The zero-order chi connectivity index (χ0) is 21.4. The van der Waals surface area contributed by atoms with Gasteiger partial charge in [0.25, 0.3) is 0 Å². The van der Waals surface area contributed by atoms with Gasteiger partial charge < -0.3 is 14.8 Å². The van der Waals surface area contributed by atoms with Crippen LogP contribution in [0.1, 0.15) is 52.4 Å². The van der Waals surface area contributed by atoms with Gasteiger partial charge in [0.05, 0.1) is 18.9 Å². The van der Waals surface area contributed by atoms with Crippen molar-refractivity contribution in [3.05, 3.63) is 53.8 Å². The van der Waals surface area contributed by atoms with Gasteiger partial charge in [0.1, 0.15) is 11.5 Å². The molecule has 1 aliphatic rings. The molecule has 162 valence electrons. The maximum atomic E-state index is 12.8. The Morgan fingerprint density at radius 2 is 1.87 bits per heavy atom. The van der Waals surface area contributed by atoms with Crippen molar-refractivity contribution in [2.45, 2.75) is 64.5 Å². The Morgan fingerprint density at radius 1 is 1.13 bits per heavy atom. The van der Waals surface area contributed by atoms with Gasteiger partial charge in [-0.05, 0) is 74.9 Å². The van der Waals surface area contributed by atoms with Gasteiger partial charge in [0.15, 0.2) is 0 Å². The lowest BCUT2D eigenvalue weighted by atomic mass is 9.85. The van der Waals surface area contributed by atoms with Crippen LogP contribution in [-0.2, 0) is 4.79 Å². The highest BCUT2D eigenvalue weighted by atomic mass is 35.5. The number of aromatic nitrogens is 1. The van der Waals surface area contributed by atoms with E-state index in [1.807, 2.05) is 50.2 Å². The Balaban J connectivity index is 1.35. The van der Waals surface area contributed by atoms with Crippen molar-refractivity contribution < 1.29 is 14.3 Å². The highest BCUT2D eigenvalue weighted by Gasteiger charge is 2.31. The number of ether oxygens (including phenoxy) is 2. The van der Waals surface area contributed by atoms with Gasteiger partial charge >= 0.3 is 0 Å². The number of benzene rings is 1. The molecule has 0 bridgehead atoms. The summed E-state index contributed by atoms with van der Waals surface area (Å²) in [6, 6.07) is 11.4. The fraction of sp³-hybridized carbons (Fsp3) is 0.500. The SMILES string of the molecule is CC(C)(CCCOc1ccc(Cl)cc1)C(=O)N[C@H]1CC[C@H](Oc2cccnc2)CC1. The standard InChI is InChI=1S/C24H31ClN2O3/c1-24(2,14-4-16-29-20-10-6-18(25)7-11-20)23(28)27-19-8-12-21(13-9-19)30-22-5-3-15-26-17-22/h3,5-7,10-11,15,17,19,21H,4,8-9,12-14,16H2,1-2H3,(H,27,28)/t19-,21-. The van der Waals surface area contributed by atoms with Crippen molar-refractivity contribution in [2.24, 2.45) is 5.41 Å². The minimum absolute atomic E-state index is 0.116. The van der Waals surface area contributed by atoms with Crippen LogP contribution >= 0.6 is 11.6 Å². The summed E-state index contributed by atoms with van der Waals surface area (Å²) in [7, 11) is 0. The Morgan fingerprint density at radius 3 is 2.53 bits per heavy atom. The molecule has 0 saturated heterocycles. The summed E-state index contributed by atoms with van der Waals surface area (Å²) in [4.78, 5) is 16.9. The highest BCUT2D eigenvalue weighted by molar-refractivity contribution is 6.30. The topological polar surface area (TPSA) is 60.5 Å². The molecule has 5 nitrogen and oxygen atoms in total. The first-order valence-corrected chi connectivity index (χ1v) is 11.1. The lowest BCUT2D eigenvalue weighted by molar-refractivity contribution is -0.130. The van der Waals surface area contributed by atoms with E-state index < -0.39 is 5.41 Å². The minimum atomic E-state index is -0.424. The van der Waals surface area contributed by atoms with Crippen LogP contribution in [0, 0.1) is 5.41 Å². The molecule has 0 aliphatic heterocycles. The predicted octanol–water partition coefficient (Wildman–Crippen LogP) is 5.43. The molecule has 1 aliphatic carbocycles. The summed E-state index contributed by atoms with van der Waals surface area (Å²) >= 11 is 5.88. The van der Waals surface area contributed by atoms with E-state index in [1.165, 1.54) is 0 Å². The third-order valence-electron chi connectivity index (χ3n) is 5.59. The van der Waals surface area contributed by atoms with E-state index in [-0.39, 0.29) is 18.1 Å². The number of hydrogen-bond acceptors (Lipinski definition) is 4. The van der Waals surface area contributed by atoms with Crippen molar-refractivity contribution in [3.8, 4) is 11.5 Å². The maximum Gasteiger partial charge on any atom is 0.225 e. The summed E-state index contributed by atoms with van der Waals surface area (Å²) in [6.45, 7) is 4.58. The van der Waals surface area contributed by atoms with E-state index in [4.69, 9.17) is 21.1 Å². The molecule has 1 saturated carbocycles. The monoisotopic (exact) mass is 430 g/mol. The van der Waals surface area contributed by atoms with E-state index in [2.05, 4.69) is 10.3 Å². The number of nitrogens with one attached hydrogen (secondary N) is 1. The first-order valence-electron chi connectivity index (χ1n) is 10.7. The Hall–Kier alpha value is -2.27. The van der Waals surface area contributed by atoms with E-state index in [1.54, 1.807) is 12.4 Å². The number of hydrogen-bond donors (Lipinski definition) is 1. The average Bonchev–Trinajstić information content (AvgIpc) is 2.74. The molecule has 1 aromatic carbocycles. The molecular weight excluding hydrogens is 400 g/mol. The van der Waals surface area contributed by atoms with Crippen molar-refractivity contribution in [3.63, 3.8) is 0 Å². The first-order chi connectivity index (χ1) is 14.4. The summed E-state index contributed by atoms with van der Waals surface area (Å²) in [5.74, 6) is 1.73. The van der Waals surface area contributed by atoms with Gasteiger partial charge in [0.2, 0.25) is 5.91 Å². The van der Waals surface area contributed by atoms with Crippen molar-refractivity contribution in [1.29, 1.82) is 0 Å². The van der Waals surface area contributed by atoms with E-state index in [0.29, 0.717) is 11.6 Å². The number of carbonyl (C=O) groups is 1. The first kappa shape index (κ1) is 22.4. The Kier molecular flexibility index (Phi) is 7.97. The Bertz CT molecular complexity index is 788. The molecule has 1 N–H and O–H groups in total. The lowest BCUT2D eigenvalue weighted by Crippen LogP contribution is -2.45. The summed E-state index contributed by atoms with van der Waals surface area (Å²) in [5, 5.41) is 3.94. The number of pyridine rings is 1. The molecule has 1 aromatic heterocycles. The van der Waals surface area contributed by atoms with Gasteiger partial charge in [-0.3, -0.25) is 9.78 Å². The zero-order valence-electron chi connectivity index (χ0n) is 17.8. The van der Waals surface area contributed by atoms with Crippen LogP contribution in [0.5, 0.6) is 11.5 Å². The van der Waals surface area contributed by atoms with Gasteiger partial charge in [-0.15, -0.1) is 0 Å². The van der Waals surface area contributed by atoms with Gasteiger partial charge in [-0.1, -0.05) is 25.4 Å². The molecule has 0 radical (unpaired) electrons. The second kappa shape index (κ2) is 10.7. The summed E-state index contributed by atoms with van der Waals surface area (Å²) in [6.07, 6.45) is 9.02. The van der Waals surface area contributed by atoms with Crippen LogP contribution in [-0.4, -0.2) is 29.6 Å². The van der Waals surface area contributed by atoms with Gasteiger partial charge in [-0.25, -0.2) is 0 Å².